The Kier molecular flexibility index (Phi) is 5.51. The number of hydrogen-bond donors (Lipinski definition) is 0. The number of rotatable bonds is 2. The second kappa shape index (κ2) is 9.98. The summed E-state index contributed by atoms with van der Waals surface area (Å²) in [6.45, 7) is 0. The zero-order valence-electron chi connectivity index (χ0n) is 25.8. The van der Waals surface area contributed by atoms with Gasteiger partial charge in [-0.05, 0) is 95.7 Å². The highest BCUT2D eigenvalue weighted by Crippen LogP contribution is 2.48. The molecule has 0 aliphatic rings. The van der Waals surface area contributed by atoms with Crippen molar-refractivity contribution < 1.29 is 0 Å². The molecule has 9 aromatic carbocycles. The van der Waals surface area contributed by atoms with Gasteiger partial charge in [0.1, 0.15) is 0 Å². The Labute approximate surface area is 284 Å². The molecule has 0 bridgehead atoms. The predicted octanol–water partition coefficient (Wildman–Crippen LogP) is 14.4. The maximum absolute atomic E-state index is 2.47. The van der Waals surface area contributed by atoms with E-state index in [0.717, 1.165) is 0 Å². The molecular formula is C46H26S2. The molecule has 11 rings (SSSR count). The highest BCUT2D eigenvalue weighted by Gasteiger charge is 2.19. The molecule has 11 aromatic rings. The van der Waals surface area contributed by atoms with Gasteiger partial charge in [0.2, 0.25) is 0 Å². The van der Waals surface area contributed by atoms with Crippen LogP contribution in [0.2, 0.25) is 0 Å². The molecule has 0 N–H and O–H groups in total. The largest absolute Gasteiger partial charge is 0.135 e. The maximum Gasteiger partial charge on any atom is 0.0370 e. The number of fused-ring (bicyclic) bond motifs is 11. The van der Waals surface area contributed by atoms with E-state index in [4.69, 9.17) is 0 Å². The van der Waals surface area contributed by atoms with Crippen molar-refractivity contribution in [1.29, 1.82) is 0 Å². The van der Waals surface area contributed by atoms with Crippen LogP contribution in [0.25, 0.3) is 106 Å². The van der Waals surface area contributed by atoms with Crippen molar-refractivity contribution in [3.05, 3.63) is 158 Å². The van der Waals surface area contributed by atoms with Crippen molar-refractivity contribution in [1.82, 2.24) is 0 Å². The quantitative estimate of drug-likeness (QED) is 0.165. The summed E-state index contributed by atoms with van der Waals surface area (Å²) in [4.78, 5) is 0. The van der Waals surface area contributed by atoms with Gasteiger partial charge < -0.3 is 0 Å². The van der Waals surface area contributed by atoms with E-state index in [0.29, 0.717) is 0 Å². The van der Waals surface area contributed by atoms with Gasteiger partial charge in [-0.3, -0.25) is 0 Å². The van der Waals surface area contributed by atoms with E-state index in [2.05, 4.69) is 158 Å². The lowest BCUT2D eigenvalue weighted by Gasteiger charge is -2.19. The molecule has 0 saturated heterocycles. The smallest absolute Gasteiger partial charge is 0.0370 e. The Hall–Kier alpha value is -5.54. The summed E-state index contributed by atoms with van der Waals surface area (Å²) in [5.41, 5.74) is 5.16. The van der Waals surface area contributed by atoms with Crippen molar-refractivity contribution >= 4 is 106 Å². The average Bonchev–Trinajstić information content (AvgIpc) is 3.69. The first-order valence-corrected chi connectivity index (χ1v) is 18.1. The second-order valence-corrected chi connectivity index (χ2v) is 15.0. The van der Waals surface area contributed by atoms with Gasteiger partial charge in [0.05, 0.1) is 0 Å². The summed E-state index contributed by atoms with van der Waals surface area (Å²) >= 11 is 3.82. The number of thiophene rings is 2. The van der Waals surface area contributed by atoms with Crippen LogP contribution in [0, 0.1) is 0 Å². The SMILES string of the molecule is c1ccc2c(-c3c4ccccc4c(-c4ccc5sc6cc7sc8ccc9ccccc9c8c7cc6c5c4)c4ccccc34)cccc2c1. The zero-order valence-corrected chi connectivity index (χ0v) is 27.5. The number of hydrogen-bond acceptors (Lipinski definition) is 2. The summed E-state index contributed by atoms with van der Waals surface area (Å²) in [7, 11) is 0. The van der Waals surface area contributed by atoms with Crippen LogP contribution in [0.5, 0.6) is 0 Å². The van der Waals surface area contributed by atoms with Crippen LogP contribution < -0.4 is 0 Å². The third kappa shape index (κ3) is 3.70. The molecule has 0 unspecified atom stereocenters. The minimum absolute atomic E-state index is 1.26. The van der Waals surface area contributed by atoms with Gasteiger partial charge in [0.15, 0.2) is 0 Å². The molecule has 2 heterocycles. The lowest BCUT2D eigenvalue weighted by Crippen LogP contribution is -1.91. The van der Waals surface area contributed by atoms with E-state index in [9.17, 15) is 0 Å². The minimum atomic E-state index is 1.26. The molecule has 0 amide bonds. The summed E-state index contributed by atoms with van der Waals surface area (Å²) in [5.74, 6) is 0. The van der Waals surface area contributed by atoms with Gasteiger partial charge in [-0.1, -0.05) is 127 Å². The van der Waals surface area contributed by atoms with Gasteiger partial charge in [-0.2, -0.15) is 0 Å². The molecule has 48 heavy (non-hydrogen) atoms. The van der Waals surface area contributed by atoms with Crippen molar-refractivity contribution in [2.45, 2.75) is 0 Å². The van der Waals surface area contributed by atoms with Crippen molar-refractivity contribution in [3.63, 3.8) is 0 Å². The van der Waals surface area contributed by atoms with E-state index < -0.39 is 0 Å². The van der Waals surface area contributed by atoms with E-state index in [-0.39, 0.29) is 0 Å². The fraction of sp³-hybridized carbons (Fsp3) is 0. The Bertz CT molecular complexity index is 3060. The van der Waals surface area contributed by atoms with Crippen LogP contribution in [-0.4, -0.2) is 0 Å². The van der Waals surface area contributed by atoms with Gasteiger partial charge in [-0.25, -0.2) is 0 Å². The molecule has 0 fully saturated rings. The molecule has 222 valence electrons. The molecule has 0 aliphatic heterocycles. The van der Waals surface area contributed by atoms with E-state index in [1.807, 2.05) is 22.7 Å². The molecular weight excluding hydrogens is 617 g/mol. The van der Waals surface area contributed by atoms with Crippen molar-refractivity contribution in [2.24, 2.45) is 0 Å². The second-order valence-electron chi connectivity index (χ2n) is 12.8. The van der Waals surface area contributed by atoms with Crippen LogP contribution in [0.3, 0.4) is 0 Å². The van der Waals surface area contributed by atoms with Gasteiger partial charge in [0, 0.05) is 40.3 Å². The van der Waals surface area contributed by atoms with Gasteiger partial charge in [-0.15, -0.1) is 22.7 Å². The van der Waals surface area contributed by atoms with Gasteiger partial charge in [0.25, 0.3) is 0 Å². The predicted molar refractivity (Wildman–Crippen MR) is 213 cm³/mol. The lowest BCUT2D eigenvalue weighted by molar-refractivity contribution is 1.69. The van der Waals surface area contributed by atoms with E-state index in [1.165, 1.54) is 106 Å². The maximum atomic E-state index is 2.47. The molecule has 0 saturated carbocycles. The Morgan fingerprint density at radius 2 is 0.833 bits per heavy atom. The fourth-order valence-electron chi connectivity index (χ4n) is 8.15. The highest BCUT2D eigenvalue weighted by atomic mass is 32.1. The van der Waals surface area contributed by atoms with Crippen LogP contribution in [0.15, 0.2) is 158 Å². The van der Waals surface area contributed by atoms with Crippen LogP contribution in [0.1, 0.15) is 0 Å². The summed E-state index contributed by atoms with van der Waals surface area (Å²) in [6.07, 6.45) is 0. The molecule has 0 aliphatic carbocycles. The third-order valence-electron chi connectivity index (χ3n) is 10.2. The normalized spacial score (nSPS) is 12.2. The summed E-state index contributed by atoms with van der Waals surface area (Å²) < 4.78 is 5.41. The molecule has 0 spiro atoms. The minimum Gasteiger partial charge on any atom is -0.135 e. The highest BCUT2D eigenvalue weighted by molar-refractivity contribution is 7.28. The Balaban J connectivity index is 1.21. The molecule has 0 atom stereocenters. The monoisotopic (exact) mass is 642 g/mol. The summed E-state index contributed by atoms with van der Waals surface area (Å²) in [6, 6.07) is 58.9. The molecule has 0 nitrogen and oxygen atoms in total. The Morgan fingerprint density at radius 3 is 1.58 bits per heavy atom. The Morgan fingerprint density at radius 1 is 0.292 bits per heavy atom. The molecule has 2 aromatic heterocycles. The van der Waals surface area contributed by atoms with E-state index >= 15 is 0 Å². The molecule has 2 heteroatoms. The number of benzene rings is 9. The third-order valence-corrected chi connectivity index (χ3v) is 12.5. The first-order chi connectivity index (χ1) is 23.8. The summed E-state index contributed by atoms with van der Waals surface area (Å²) in [5, 5.41) is 15.8. The standard InChI is InChI=1S/C46H26S2/c1-3-13-30-27(10-1)12-9-19-32(30)45-35-17-7-5-15-33(35)44(34-16-6-8-18-36(34)45)29-21-22-40-37(24-29)38-25-39-43(26-42(38)47-40)48-41-23-20-28-11-2-4-14-31(28)46(39)41/h1-26H. The van der Waals surface area contributed by atoms with Crippen LogP contribution >= 0.6 is 22.7 Å². The van der Waals surface area contributed by atoms with Crippen molar-refractivity contribution in [2.75, 3.05) is 0 Å². The first kappa shape index (κ1) is 26.5. The zero-order chi connectivity index (χ0) is 31.3. The fourth-order valence-corrected chi connectivity index (χ4v) is 10.5. The first-order valence-electron chi connectivity index (χ1n) is 16.4. The topological polar surface area (TPSA) is 0 Å². The average molecular weight is 643 g/mol. The van der Waals surface area contributed by atoms with Crippen molar-refractivity contribution in [3.8, 4) is 22.3 Å². The van der Waals surface area contributed by atoms with Crippen LogP contribution in [0.4, 0.5) is 0 Å². The van der Waals surface area contributed by atoms with Crippen LogP contribution in [-0.2, 0) is 0 Å². The molecule has 0 radical (unpaired) electrons. The lowest BCUT2D eigenvalue weighted by atomic mass is 9.84. The van der Waals surface area contributed by atoms with E-state index in [1.54, 1.807) is 0 Å². The van der Waals surface area contributed by atoms with Gasteiger partial charge >= 0.3 is 0 Å².